The number of urea groups is 1. The molecule has 5 N–H and O–H groups in total. The average molecular weight is 644 g/mol. The van der Waals surface area contributed by atoms with E-state index in [1.54, 1.807) is 39.8 Å². The van der Waals surface area contributed by atoms with Gasteiger partial charge in [0.25, 0.3) is 5.91 Å². The number of carbonyl (C=O) groups excluding carboxylic acids is 6. The van der Waals surface area contributed by atoms with Crippen molar-refractivity contribution in [3.63, 3.8) is 0 Å². The number of rotatable bonds is 12. The van der Waals surface area contributed by atoms with E-state index in [-0.39, 0.29) is 24.2 Å². The summed E-state index contributed by atoms with van der Waals surface area (Å²) in [4.78, 5) is 79.0. The molecule has 1 heterocycles. The van der Waals surface area contributed by atoms with Gasteiger partial charge in [-0.05, 0) is 43.4 Å². The monoisotopic (exact) mass is 643 g/mol. The molecule has 0 radical (unpaired) electrons. The molecule has 11 heteroatoms. The Balaban J connectivity index is 0.00000254. The number of nitrogens with zero attached hydrogens (tertiary/aromatic N) is 1. The number of nitrogens with two attached hydrogens (primary N) is 1. The Morgan fingerprint density at radius 2 is 1.48 bits per heavy atom. The zero-order chi connectivity index (χ0) is 35.4. The highest BCUT2D eigenvalue weighted by molar-refractivity contribution is 6.37. The van der Waals surface area contributed by atoms with Crippen molar-refractivity contribution in [3.8, 4) is 0 Å². The van der Waals surface area contributed by atoms with E-state index in [9.17, 15) is 28.8 Å². The molecular formula is C35H57N5O6. The molecule has 1 aliphatic carbocycles. The van der Waals surface area contributed by atoms with Gasteiger partial charge in [0, 0.05) is 12.1 Å². The highest BCUT2D eigenvalue weighted by Gasteiger charge is 2.45. The summed E-state index contributed by atoms with van der Waals surface area (Å²) in [7, 11) is 0. The van der Waals surface area contributed by atoms with Crippen molar-refractivity contribution in [3.05, 3.63) is 35.4 Å². The number of likely N-dealkylation sites (tertiary alicyclic amines) is 1. The second-order valence-electron chi connectivity index (χ2n) is 12.9. The smallest absolute Gasteiger partial charge is 0.316 e. The van der Waals surface area contributed by atoms with Crippen LogP contribution < -0.4 is 21.7 Å². The lowest BCUT2D eigenvalue weighted by Crippen LogP contribution is -2.60. The molecule has 258 valence electrons. The lowest BCUT2D eigenvalue weighted by Gasteiger charge is -2.36. The summed E-state index contributed by atoms with van der Waals surface area (Å²) in [5, 5.41) is 8.15. The van der Waals surface area contributed by atoms with Crippen molar-refractivity contribution >= 4 is 35.3 Å². The molecular weight excluding hydrogens is 586 g/mol. The van der Waals surface area contributed by atoms with Crippen LogP contribution in [0.1, 0.15) is 110 Å². The van der Waals surface area contributed by atoms with Crippen LogP contribution in [0.4, 0.5) is 4.79 Å². The predicted octanol–water partition coefficient (Wildman–Crippen LogP) is 4.30. The number of Topliss-reactive ketones (excluding diaryl/α,β-unsaturated/α-hetero) is 2. The van der Waals surface area contributed by atoms with E-state index in [0.717, 1.165) is 18.4 Å². The first kappa shape index (κ1) is 40.3. The molecule has 1 aromatic rings. The summed E-state index contributed by atoms with van der Waals surface area (Å²) >= 11 is 0. The van der Waals surface area contributed by atoms with Gasteiger partial charge in [0.1, 0.15) is 12.1 Å². The van der Waals surface area contributed by atoms with Gasteiger partial charge in [-0.1, -0.05) is 105 Å². The standard InChI is InChI=1S/C31H45N5O6.2C2H6/c1-7-21(24(37)20-12-8-17(2)9-13-20)34-30(42)35-26(31(4,5)6)29(41)36-16-18(3)14-23(36)28(40)33-22(15-19-10-11-19)25(38)27(32)39;2*1-2/h8-9,12-13,18-19,21-23,26H,7,10-11,14-16H2,1-6H3,(H2,32,39)(H,33,40)(H2,34,35,42);2*1-2H3/t18-,21?,22?,23+,26?;;/m1../s1. The van der Waals surface area contributed by atoms with Gasteiger partial charge in [-0.15, -0.1) is 0 Å². The zero-order valence-corrected chi connectivity index (χ0v) is 29.5. The highest BCUT2D eigenvalue weighted by atomic mass is 16.2. The van der Waals surface area contributed by atoms with Gasteiger partial charge in [0.2, 0.25) is 17.6 Å². The summed E-state index contributed by atoms with van der Waals surface area (Å²) in [6.45, 7) is 19.3. The maximum absolute atomic E-state index is 13.9. The second kappa shape index (κ2) is 18.4. The molecule has 1 aromatic carbocycles. The largest absolute Gasteiger partial charge is 0.363 e. The van der Waals surface area contributed by atoms with Gasteiger partial charge < -0.3 is 26.6 Å². The van der Waals surface area contributed by atoms with Crippen molar-refractivity contribution in [1.82, 2.24) is 20.9 Å². The van der Waals surface area contributed by atoms with Gasteiger partial charge in [-0.25, -0.2) is 4.79 Å². The molecule has 0 aromatic heterocycles. The summed E-state index contributed by atoms with van der Waals surface area (Å²) in [5.74, 6) is -2.93. The fourth-order valence-corrected chi connectivity index (χ4v) is 5.31. The van der Waals surface area contributed by atoms with Crippen LogP contribution in [0.2, 0.25) is 0 Å². The van der Waals surface area contributed by atoms with E-state index in [1.165, 1.54) is 4.90 Å². The van der Waals surface area contributed by atoms with E-state index in [1.807, 2.05) is 53.7 Å². The Labute approximate surface area is 275 Å². The molecule has 2 aliphatic rings. The second-order valence-corrected chi connectivity index (χ2v) is 12.9. The van der Waals surface area contributed by atoms with Crippen LogP contribution >= 0.6 is 0 Å². The molecule has 3 unspecified atom stereocenters. The normalized spacial score (nSPS) is 19.1. The highest BCUT2D eigenvalue weighted by Crippen LogP contribution is 2.34. The number of nitrogens with one attached hydrogen (secondary N) is 3. The van der Waals surface area contributed by atoms with Crippen molar-refractivity contribution in [1.29, 1.82) is 0 Å². The third-order valence-electron chi connectivity index (χ3n) is 7.99. The van der Waals surface area contributed by atoms with E-state index in [4.69, 9.17) is 5.73 Å². The SMILES string of the molecule is CC.CC.CCC(NC(=O)NC(C(=O)N1C[C@H](C)C[C@H]1C(=O)NC(CC1CC1)C(=O)C(N)=O)C(C)(C)C)C(=O)c1ccc(C)cc1. The van der Waals surface area contributed by atoms with Crippen LogP contribution in [0.25, 0.3) is 0 Å². The van der Waals surface area contributed by atoms with Crippen LogP contribution in [0.3, 0.4) is 0 Å². The van der Waals surface area contributed by atoms with E-state index >= 15 is 0 Å². The lowest BCUT2D eigenvalue weighted by molar-refractivity contribution is -0.143. The first-order chi connectivity index (χ1) is 21.6. The lowest BCUT2D eigenvalue weighted by atomic mass is 9.85. The summed E-state index contributed by atoms with van der Waals surface area (Å²) in [5.41, 5.74) is 5.98. The van der Waals surface area contributed by atoms with Gasteiger partial charge in [0.15, 0.2) is 5.78 Å². The van der Waals surface area contributed by atoms with Crippen LogP contribution in [-0.2, 0) is 19.2 Å². The molecule has 3 rings (SSSR count). The third-order valence-corrected chi connectivity index (χ3v) is 7.99. The summed E-state index contributed by atoms with van der Waals surface area (Å²) in [6.07, 6.45) is 2.88. The number of benzene rings is 1. The molecule has 1 saturated carbocycles. The first-order valence-electron chi connectivity index (χ1n) is 16.7. The minimum Gasteiger partial charge on any atom is -0.363 e. The maximum atomic E-state index is 13.9. The topological polar surface area (TPSA) is 168 Å². The minimum atomic E-state index is -1.11. The van der Waals surface area contributed by atoms with Crippen molar-refractivity contribution in [2.45, 2.75) is 126 Å². The predicted molar refractivity (Wildman–Crippen MR) is 180 cm³/mol. The molecule has 1 aliphatic heterocycles. The average Bonchev–Trinajstić information content (AvgIpc) is 3.76. The quantitative estimate of drug-likeness (QED) is 0.196. The van der Waals surface area contributed by atoms with Gasteiger partial charge in [0.05, 0.1) is 12.1 Å². The molecule has 0 bridgehead atoms. The Morgan fingerprint density at radius 3 is 1.96 bits per heavy atom. The van der Waals surface area contributed by atoms with E-state index in [0.29, 0.717) is 24.8 Å². The van der Waals surface area contributed by atoms with Crippen molar-refractivity contribution in [2.24, 2.45) is 23.0 Å². The molecule has 0 spiro atoms. The minimum absolute atomic E-state index is 0.00975. The number of ketones is 2. The van der Waals surface area contributed by atoms with Crippen LogP contribution in [0.5, 0.6) is 0 Å². The van der Waals surface area contributed by atoms with E-state index < -0.39 is 59.1 Å². The molecule has 46 heavy (non-hydrogen) atoms. The summed E-state index contributed by atoms with van der Waals surface area (Å²) in [6, 6.07) is 2.71. The van der Waals surface area contributed by atoms with Crippen molar-refractivity contribution in [2.75, 3.05) is 6.54 Å². The third kappa shape index (κ3) is 11.6. The van der Waals surface area contributed by atoms with Crippen LogP contribution in [0.15, 0.2) is 24.3 Å². The molecule has 5 amide bonds. The fourth-order valence-electron chi connectivity index (χ4n) is 5.31. The number of primary amides is 1. The Morgan fingerprint density at radius 1 is 0.913 bits per heavy atom. The number of hydrogen-bond donors (Lipinski definition) is 4. The number of carbonyl (C=O) groups is 6. The Hall–Kier alpha value is -3.76. The Bertz CT molecular complexity index is 1200. The number of aryl methyl sites for hydroxylation is 1. The number of amides is 5. The molecule has 5 atom stereocenters. The number of hydrogen-bond acceptors (Lipinski definition) is 6. The van der Waals surface area contributed by atoms with Gasteiger partial charge >= 0.3 is 6.03 Å². The van der Waals surface area contributed by atoms with Gasteiger partial charge in [-0.3, -0.25) is 24.0 Å². The van der Waals surface area contributed by atoms with Gasteiger partial charge in [-0.2, -0.15) is 0 Å². The molecule has 2 fully saturated rings. The summed E-state index contributed by atoms with van der Waals surface area (Å²) < 4.78 is 0. The fraction of sp³-hybridized carbons (Fsp3) is 0.657. The van der Waals surface area contributed by atoms with Crippen LogP contribution in [-0.4, -0.2) is 70.9 Å². The molecule has 1 saturated heterocycles. The maximum Gasteiger partial charge on any atom is 0.316 e. The van der Waals surface area contributed by atoms with Crippen LogP contribution in [0, 0.1) is 24.2 Å². The molecule has 11 nitrogen and oxygen atoms in total. The van der Waals surface area contributed by atoms with E-state index in [2.05, 4.69) is 16.0 Å². The zero-order valence-electron chi connectivity index (χ0n) is 29.5. The Kier molecular flexibility index (Phi) is 16.1. The van der Waals surface area contributed by atoms with Crippen molar-refractivity contribution < 1.29 is 28.8 Å². The first-order valence-corrected chi connectivity index (χ1v) is 16.7.